The second-order valence-corrected chi connectivity index (χ2v) is 18.0. The van der Waals surface area contributed by atoms with Gasteiger partial charge in [0.05, 0.1) is 20.3 Å². The van der Waals surface area contributed by atoms with E-state index in [0.29, 0.717) is 21.9 Å². The lowest BCUT2D eigenvalue weighted by molar-refractivity contribution is -0.638. The Morgan fingerprint density at radius 3 is 1.38 bits per heavy atom. The van der Waals surface area contributed by atoms with E-state index in [-0.39, 0.29) is 70.6 Å². The van der Waals surface area contributed by atoms with Crippen molar-refractivity contribution in [3.05, 3.63) is 159 Å². The maximum atomic E-state index is 11.3. The van der Waals surface area contributed by atoms with Crippen molar-refractivity contribution in [1.82, 2.24) is 38.5 Å². The van der Waals surface area contributed by atoms with Crippen LogP contribution in [0, 0.1) is 30.3 Å². The minimum atomic E-state index is -3.71. The molecule has 0 aromatic carbocycles. The first-order valence-electron chi connectivity index (χ1n) is 21.2. The Bertz CT molecular complexity index is 3390. The number of fused-ring (bicyclic) bond motifs is 4. The van der Waals surface area contributed by atoms with Gasteiger partial charge in [-0.1, -0.05) is 35.0 Å². The van der Waals surface area contributed by atoms with Gasteiger partial charge in [0, 0.05) is 69.4 Å². The molecule has 4 N–H and O–H groups in total. The Balaban J connectivity index is 0.000000197. The fourth-order valence-electron chi connectivity index (χ4n) is 7.53. The van der Waals surface area contributed by atoms with Crippen molar-refractivity contribution in [2.24, 2.45) is 0 Å². The molecule has 0 atom stereocenters. The quantitative estimate of drug-likeness (QED) is 0.0576. The lowest BCUT2D eigenvalue weighted by Crippen LogP contribution is -3.00. The summed E-state index contributed by atoms with van der Waals surface area (Å²) in [7, 11) is -3.71. The molecule has 11 rings (SSSR count). The van der Waals surface area contributed by atoms with Gasteiger partial charge in [-0.3, -0.25) is 30.3 Å². The van der Waals surface area contributed by atoms with Gasteiger partial charge >= 0.3 is 17.1 Å². The smallest absolute Gasteiger partial charge is 0.338 e. The second-order valence-electron chi connectivity index (χ2n) is 15.3. The van der Waals surface area contributed by atoms with Gasteiger partial charge in [0.2, 0.25) is 15.7 Å². The summed E-state index contributed by atoms with van der Waals surface area (Å²) in [5.74, 6) is 6.72. The van der Waals surface area contributed by atoms with Crippen LogP contribution in [0.3, 0.4) is 0 Å². The van der Waals surface area contributed by atoms with Crippen molar-refractivity contribution in [2.75, 3.05) is 60.1 Å². The molecule has 0 saturated carbocycles. The molecule has 24 nitrogen and oxygen atoms in total. The van der Waals surface area contributed by atoms with E-state index in [1.807, 2.05) is 58.1 Å². The van der Waals surface area contributed by atoms with Crippen molar-refractivity contribution in [3.63, 3.8) is 0 Å². The average molecular weight is 1180 g/mol. The van der Waals surface area contributed by atoms with E-state index >= 15 is 0 Å². The molecule has 0 spiro atoms. The Morgan fingerprint density at radius 1 is 0.569 bits per heavy atom. The Morgan fingerprint density at radius 2 is 0.958 bits per heavy atom. The molecule has 0 bridgehead atoms. The molecule has 72 heavy (non-hydrogen) atoms. The lowest BCUT2D eigenvalue weighted by Gasteiger charge is -2.13. The van der Waals surface area contributed by atoms with Crippen LogP contribution in [0.25, 0.3) is 22.1 Å². The van der Waals surface area contributed by atoms with Crippen molar-refractivity contribution in [3.8, 4) is 0 Å². The molecule has 9 aromatic heterocycles. The number of halogens is 3. The van der Waals surface area contributed by atoms with Gasteiger partial charge in [0.25, 0.3) is 5.03 Å². The third kappa shape index (κ3) is 13.3. The minimum Gasteiger partial charge on any atom is -1.00 e. The number of hydrogen-bond acceptors (Lipinski definition) is 17. The number of nitrogen functional groups attached to an aromatic ring is 2. The van der Waals surface area contributed by atoms with E-state index in [4.69, 9.17) is 11.6 Å². The minimum absolute atomic E-state index is 0. The monoisotopic (exact) mass is 1180 g/mol. The number of pyridine rings is 5. The summed E-state index contributed by atoms with van der Waals surface area (Å²) in [6, 6.07) is 26.8. The second kappa shape index (κ2) is 25.9. The number of hydrogen-bond donors (Lipinski definition) is 2. The topological polar surface area (TPSA) is 295 Å². The van der Waals surface area contributed by atoms with Crippen LogP contribution >= 0.6 is 36.6 Å². The van der Waals surface area contributed by atoms with E-state index < -0.39 is 30.4 Å². The zero-order valence-electron chi connectivity index (χ0n) is 38.5. The fraction of sp³-hybridized carbons (Fsp3) is 0.233. The summed E-state index contributed by atoms with van der Waals surface area (Å²) in [5, 5.41) is 49.4. The summed E-state index contributed by atoms with van der Waals surface area (Å²) in [6.45, 7) is 3.86. The molecule has 29 heteroatoms. The largest absolute Gasteiger partial charge is 1.00 e. The number of aromatic nitrogens is 9. The van der Waals surface area contributed by atoms with Crippen LogP contribution in [0.4, 0.5) is 34.4 Å². The summed E-state index contributed by atoms with van der Waals surface area (Å²) in [5.41, 5.74) is 8.86. The number of thioether (sulfide) groups is 1. The summed E-state index contributed by atoms with van der Waals surface area (Å²) in [4.78, 5) is 35.6. The molecule has 9 aromatic rings. The van der Waals surface area contributed by atoms with Crippen LogP contribution in [0.15, 0.2) is 138 Å². The third-order valence-electron chi connectivity index (χ3n) is 10.7. The SMILES string of the molecule is CS(=O)(=O)c1nn2ccccc2c1[N+](=O)[O-].CSc1nn2ccccc2c1[N+](=O)[O-].Cl.Cl.N[n+]1ccccc1.Nc1c(N2CCCC2)nn2ccccc12.O=[N+]([O-])c1c(N2CCCC2)nn2ccccc12.[I-]. The molecule has 0 aliphatic carbocycles. The van der Waals surface area contributed by atoms with E-state index in [2.05, 4.69) is 25.3 Å². The number of nitrogens with zero attached hydrogens (tertiary/aromatic N) is 14. The zero-order chi connectivity index (χ0) is 49.2. The van der Waals surface area contributed by atoms with Gasteiger partial charge in [0.15, 0.2) is 23.2 Å². The van der Waals surface area contributed by atoms with Crippen molar-refractivity contribution >= 4 is 103 Å². The van der Waals surface area contributed by atoms with Crippen LogP contribution in [0.1, 0.15) is 25.7 Å². The summed E-state index contributed by atoms with van der Waals surface area (Å²) in [6.07, 6.45) is 17.7. The Labute approximate surface area is 444 Å². The number of rotatable bonds is 7. The number of nitrogens with two attached hydrogens (primary N) is 2. The Hall–Kier alpha value is -7.08. The van der Waals surface area contributed by atoms with E-state index in [9.17, 15) is 38.8 Å². The van der Waals surface area contributed by atoms with Gasteiger partial charge in [-0.05, 0) is 80.5 Å². The summed E-state index contributed by atoms with van der Waals surface area (Å²) < 4.78 is 30.3. The van der Waals surface area contributed by atoms with Crippen LogP contribution < -0.4 is 50.0 Å². The average Bonchev–Trinajstić information content (AvgIpc) is 4.21. The van der Waals surface area contributed by atoms with Crippen LogP contribution in [0.2, 0.25) is 0 Å². The first-order chi connectivity index (χ1) is 33.2. The molecular weight excluding hydrogens is 1130 g/mol. The van der Waals surface area contributed by atoms with Crippen LogP contribution in [-0.2, 0) is 9.84 Å². The number of anilines is 3. The molecule has 0 amide bonds. The summed E-state index contributed by atoms with van der Waals surface area (Å²) >= 11 is 1.28. The first kappa shape index (κ1) is 57.5. The number of nitro groups is 3. The first-order valence-corrected chi connectivity index (χ1v) is 24.3. The highest BCUT2D eigenvalue weighted by molar-refractivity contribution is 7.98. The van der Waals surface area contributed by atoms with E-state index in [1.165, 1.54) is 50.6 Å². The molecule has 0 radical (unpaired) electrons. The molecule has 382 valence electrons. The molecular formula is C43H49Cl2IN16O8S2. The molecule has 0 unspecified atom stereocenters. The van der Waals surface area contributed by atoms with Gasteiger partial charge in [-0.15, -0.1) is 51.9 Å². The van der Waals surface area contributed by atoms with Crippen molar-refractivity contribution in [2.45, 2.75) is 35.7 Å². The Kier molecular flexibility index (Phi) is 20.7. The van der Waals surface area contributed by atoms with Crippen LogP contribution in [0.5, 0.6) is 0 Å². The van der Waals surface area contributed by atoms with Gasteiger partial charge in [0.1, 0.15) is 22.2 Å². The van der Waals surface area contributed by atoms with Crippen molar-refractivity contribution < 1.29 is 51.8 Å². The molecule has 2 aliphatic rings. The van der Waals surface area contributed by atoms with Gasteiger partial charge in [-0.2, -0.15) is 5.10 Å². The normalized spacial score (nSPS) is 12.6. The number of sulfone groups is 1. The van der Waals surface area contributed by atoms with E-state index in [1.54, 1.807) is 78.0 Å². The highest BCUT2D eigenvalue weighted by Gasteiger charge is 2.31. The molecule has 2 aliphatic heterocycles. The molecule has 11 heterocycles. The van der Waals surface area contributed by atoms with E-state index in [0.717, 1.165) is 62.3 Å². The highest BCUT2D eigenvalue weighted by atomic mass is 127. The maximum Gasteiger partial charge on any atom is 0.338 e. The fourth-order valence-corrected chi connectivity index (χ4v) is 8.84. The molecule has 2 saturated heterocycles. The lowest BCUT2D eigenvalue weighted by atomic mass is 10.3. The molecule has 2 fully saturated rings. The zero-order valence-corrected chi connectivity index (χ0v) is 43.9. The maximum absolute atomic E-state index is 11.3. The van der Waals surface area contributed by atoms with Gasteiger partial charge in [-0.25, -0.2) is 32.3 Å². The van der Waals surface area contributed by atoms with Crippen molar-refractivity contribution in [1.29, 1.82) is 0 Å². The third-order valence-corrected chi connectivity index (χ3v) is 12.3. The van der Waals surface area contributed by atoms with Gasteiger partial charge < -0.3 is 39.5 Å². The standard InChI is InChI=1S/C11H12N4O2.C11H14N4.C8H7N3O4S.C8H7N3O2S.C5H7N2.2ClH.HI/c16-15(17)10-9-5-1-2-8-14(9)12-11(10)13-6-3-4-7-13;12-10-9-5-1-2-8-15(9)13-11(10)14-6-3-4-7-14;1-16(14,15)8-7(11(12)13)6-4-2-3-5-10(6)9-8;1-14-8-7(11(12)13)6-4-2-3-5-10(6)9-8;6-7-4-2-1-3-5-7;;;/h1-2,5,8H,3-4,6-7H2;1-2,5,8H,3-4,6-7,12H2;2-5H,1H3;2-5H,1H3;1-5H,6H2;3*1H/q;;;;+1;;;/p-1. The predicted octanol–water partition coefficient (Wildman–Crippen LogP) is 3.51. The van der Waals surface area contributed by atoms with Crippen LogP contribution in [-0.4, -0.2) is 100 Å². The predicted molar refractivity (Wildman–Crippen MR) is 274 cm³/mol. The highest BCUT2D eigenvalue weighted by Crippen LogP contribution is 2.34.